The molecule has 8 nitrogen and oxygen atoms in total. The Balaban J connectivity index is 0.000000593. The third kappa shape index (κ3) is 5.79. The van der Waals surface area contributed by atoms with Gasteiger partial charge in [-0.25, -0.2) is 5.84 Å². The summed E-state index contributed by atoms with van der Waals surface area (Å²) in [6.07, 6.45) is 2.09. The Morgan fingerprint density at radius 3 is 2.70 bits per heavy atom. The largest absolute Gasteiger partial charge is 0.496 e. The summed E-state index contributed by atoms with van der Waals surface area (Å²) >= 11 is 0. The lowest BCUT2D eigenvalue weighted by molar-refractivity contribution is -0.109. The number of nitrogens with two attached hydrogens (primary N) is 1. The first-order valence-corrected chi connectivity index (χ1v) is 6.81. The second kappa shape index (κ2) is 9.96. The predicted molar refractivity (Wildman–Crippen MR) is 87.0 cm³/mol. The zero-order chi connectivity index (χ0) is 17.1. The van der Waals surface area contributed by atoms with Crippen molar-refractivity contribution < 1.29 is 14.3 Å². The summed E-state index contributed by atoms with van der Waals surface area (Å²) < 4.78 is 11.0. The molecule has 1 amide bonds. The SMILES string of the molecule is CNc1cccc(OC)c1COc1cc(C)cnn1.NNC=O. The first kappa shape index (κ1) is 18.2. The highest BCUT2D eigenvalue weighted by Crippen LogP contribution is 2.27. The highest BCUT2D eigenvalue weighted by molar-refractivity contribution is 5.57. The van der Waals surface area contributed by atoms with Crippen molar-refractivity contribution in [3.8, 4) is 11.6 Å². The molecule has 2 aromatic rings. The van der Waals surface area contributed by atoms with Crippen LogP contribution in [0.2, 0.25) is 0 Å². The third-order valence-electron chi connectivity index (χ3n) is 2.82. The second-order valence-electron chi connectivity index (χ2n) is 4.38. The van der Waals surface area contributed by atoms with E-state index in [4.69, 9.17) is 14.3 Å². The topological polar surface area (TPSA) is 111 Å². The van der Waals surface area contributed by atoms with E-state index >= 15 is 0 Å². The van der Waals surface area contributed by atoms with Crippen molar-refractivity contribution in [1.29, 1.82) is 0 Å². The molecule has 0 saturated heterocycles. The third-order valence-corrected chi connectivity index (χ3v) is 2.82. The van der Waals surface area contributed by atoms with Gasteiger partial charge in [0, 0.05) is 18.8 Å². The van der Waals surface area contributed by atoms with Gasteiger partial charge in [-0.2, -0.15) is 5.10 Å². The zero-order valence-corrected chi connectivity index (χ0v) is 13.4. The number of rotatable bonds is 6. The molecule has 1 aromatic heterocycles. The number of ether oxygens (including phenoxy) is 2. The van der Waals surface area contributed by atoms with Gasteiger partial charge in [0.25, 0.3) is 0 Å². The Morgan fingerprint density at radius 2 is 2.13 bits per heavy atom. The van der Waals surface area contributed by atoms with E-state index in [-0.39, 0.29) is 0 Å². The minimum atomic E-state index is 0.373. The van der Waals surface area contributed by atoms with Gasteiger partial charge in [0.15, 0.2) is 0 Å². The van der Waals surface area contributed by atoms with E-state index in [1.165, 1.54) is 0 Å². The van der Waals surface area contributed by atoms with Crippen LogP contribution in [0.4, 0.5) is 5.69 Å². The minimum absolute atomic E-state index is 0.373. The summed E-state index contributed by atoms with van der Waals surface area (Å²) in [5, 5.41) is 10.9. The number of aromatic nitrogens is 2. The Labute approximate surface area is 135 Å². The van der Waals surface area contributed by atoms with Crippen molar-refractivity contribution in [3.05, 3.63) is 41.6 Å². The number of carbonyl (C=O) groups is 1. The van der Waals surface area contributed by atoms with Crippen LogP contribution in [0.15, 0.2) is 30.5 Å². The Morgan fingerprint density at radius 1 is 1.39 bits per heavy atom. The van der Waals surface area contributed by atoms with E-state index in [0.29, 0.717) is 18.9 Å². The van der Waals surface area contributed by atoms with Crippen molar-refractivity contribution in [2.24, 2.45) is 5.84 Å². The number of carbonyl (C=O) groups excluding carboxylic acids is 1. The summed E-state index contributed by atoms with van der Waals surface area (Å²) in [7, 11) is 3.51. The summed E-state index contributed by atoms with van der Waals surface area (Å²) in [5.41, 5.74) is 4.69. The van der Waals surface area contributed by atoms with Gasteiger partial charge in [0.1, 0.15) is 12.4 Å². The zero-order valence-electron chi connectivity index (χ0n) is 13.4. The fourth-order valence-electron chi connectivity index (χ4n) is 1.79. The van der Waals surface area contributed by atoms with Gasteiger partial charge in [-0.15, -0.1) is 5.10 Å². The quantitative estimate of drug-likeness (QED) is 0.315. The smallest absolute Gasteiger partial charge is 0.233 e. The molecule has 0 unspecified atom stereocenters. The van der Waals surface area contributed by atoms with Gasteiger partial charge in [0.05, 0.1) is 18.9 Å². The fraction of sp³-hybridized carbons (Fsp3) is 0.267. The maximum absolute atomic E-state index is 8.94. The van der Waals surface area contributed by atoms with Gasteiger partial charge in [-0.3, -0.25) is 10.2 Å². The van der Waals surface area contributed by atoms with E-state index in [1.54, 1.807) is 18.7 Å². The molecule has 0 aliphatic heterocycles. The molecule has 124 valence electrons. The molecule has 0 aliphatic carbocycles. The lowest BCUT2D eigenvalue weighted by atomic mass is 10.1. The number of hydrazine groups is 1. The number of methoxy groups -OCH3 is 1. The molecular formula is C15H21N5O3. The van der Waals surface area contributed by atoms with Crippen molar-refractivity contribution in [3.63, 3.8) is 0 Å². The van der Waals surface area contributed by atoms with E-state index in [1.807, 2.05) is 38.2 Å². The van der Waals surface area contributed by atoms with Crippen molar-refractivity contribution >= 4 is 12.1 Å². The van der Waals surface area contributed by atoms with Crippen molar-refractivity contribution in [2.45, 2.75) is 13.5 Å². The number of hydrogen-bond acceptors (Lipinski definition) is 7. The van der Waals surface area contributed by atoms with Crippen LogP contribution in [0.25, 0.3) is 0 Å². The Kier molecular flexibility index (Phi) is 7.87. The number of amides is 1. The van der Waals surface area contributed by atoms with Gasteiger partial charge < -0.3 is 14.8 Å². The Bertz CT molecular complexity index is 600. The molecule has 23 heavy (non-hydrogen) atoms. The average Bonchev–Trinajstić information content (AvgIpc) is 2.59. The van der Waals surface area contributed by atoms with Gasteiger partial charge in [-0.1, -0.05) is 6.07 Å². The molecular weight excluding hydrogens is 298 g/mol. The molecule has 0 atom stereocenters. The first-order valence-electron chi connectivity index (χ1n) is 6.81. The Hall–Kier alpha value is -2.87. The van der Waals surface area contributed by atoms with E-state index in [9.17, 15) is 0 Å². The molecule has 1 heterocycles. The van der Waals surface area contributed by atoms with Crippen LogP contribution in [-0.2, 0) is 11.4 Å². The van der Waals surface area contributed by atoms with Crippen molar-refractivity contribution in [2.75, 3.05) is 19.5 Å². The number of anilines is 1. The number of aryl methyl sites for hydroxylation is 1. The molecule has 0 saturated carbocycles. The molecule has 0 radical (unpaired) electrons. The van der Waals surface area contributed by atoms with Crippen LogP contribution in [0, 0.1) is 6.92 Å². The normalized spacial score (nSPS) is 9.22. The lowest BCUT2D eigenvalue weighted by Crippen LogP contribution is -2.18. The standard InChI is InChI=1S/C14H17N3O2.CH4N2O/c1-10-7-14(17-16-8-10)19-9-11-12(15-2)5-4-6-13(11)18-3;2-3-1-4/h4-8,15H,9H2,1-3H3;1H,2H2,(H,3,4). The maximum Gasteiger partial charge on any atom is 0.233 e. The molecule has 0 spiro atoms. The molecule has 4 N–H and O–H groups in total. The first-order chi connectivity index (χ1) is 11.2. The van der Waals surface area contributed by atoms with Crippen LogP contribution >= 0.6 is 0 Å². The monoisotopic (exact) mass is 319 g/mol. The lowest BCUT2D eigenvalue weighted by Gasteiger charge is -2.14. The van der Waals surface area contributed by atoms with Gasteiger partial charge in [-0.05, 0) is 24.6 Å². The van der Waals surface area contributed by atoms with Gasteiger partial charge in [0.2, 0.25) is 12.3 Å². The molecule has 8 heteroatoms. The molecule has 0 aliphatic rings. The predicted octanol–water partition coefficient (Wildman–Crippen LogP) is 1.02. The second-order valence-corrected chi connectivity index (χ2v) is 4.38. The van der Waals surface area contributed by atoms with Crippen LogP contribution in [0.3, 0.4) is 0 Å². The molecule has 0 fully saturated rings. The summed E-state index contributed by atoms with van der Waals surface area (Å²) in [6.45, 7) is 2.32. The fourth-order valence-corrected chi connectivity index (χ4v) is 1.79. The highest BCUT2D eigenvalue weighted by Gasteiger charge is 2.09. The van der Waals surface area contributed by atoms with Crippen molar-refractivity contribution in [1.82, 2.24) is 15.6 Å². The highest BCUT2D eigenvalue weighted by atomic mass is 16.5. The number of benzene rings is 1. The molecule has 1 aromatic carbocycles. The number of nitrogens with one attached hydrogen (secondary N) is 2. The number of hydrogen-bond donors (Lipinski definition) is 3. The minimum Gasteiger partial charge on any atom is -0.496 e. The maximum atomic E-state index is 8.94. The summed E-state index contributed by atoms with van der Waals surface area (Å²) in [5.74, 6) is 5.70. The van der Waals surface area contributed by atoms with Crippen LogP contribution in [0.5, 0.6) is 11.6 Å². The number of nitrogens with zero attached hydrogens (tertiary/aromatic N) is 2. The van der Waals surface area contributed by atoms with E-state index < -0.39 is 0 Å². The van der Waals surface area contributed by atoms with Crippen LogP contribution in [0.1, 0.15) is 11.1 Å². The molecule has 2 rings (SSSR count). The molecule has 0 bridgehead atoms. The summed E-state index contributed by atoms with van der Waals surface area (Å²) in [6, 6.07) is 7.66. The van der Waals surface area contributed by atoms with E-state index in [0.717, 1.165) is 22.6 Å². The van der Waals surface area contributed by atoms with Gasteiger partial charge >= 0.3 is 0 Å². The van der Waals surface area contributed by atoms with Crippen LogP contribution < -0.4 is 26.1 Å². The van der Waals surface area contributed by atoms with Crippen LogP contribution in [-0.4, -0.2) is 30.8 Å². The van der Waals surface area contributed by atoms with E-state index in [2.05, 4.69) is 21.4 Å². The summed E-state index contributed by atoms with van der Waals surface area (Å²) in [4.78, 5) is 8.94. The average molecular weight is 319 g/mol.